The van der Waals surface area contributed by atoms with Crippen LogP contribution in [0.5, 0.6) is 11.5 Å². The Morgan fingerprint density at radius 2 is 1.03 bits per heavy atom. The number of hydrogen-bond acceptors (Lipinski definition) is 3. The second kappa shape index (κ2) is 23.7. The normalized spacial score (nSPS) is 11.0. The summed E-state index contributed by atoms with van der Waals surface area (Å²) in [7, 11) is 0. The number of amides is 1. The van der Waals surface area contributed by atoms with Crippen LogP contribution in [0.2, 0.25) is 0 Å². The van der Waals surface area contributed by atoms with E-state index in [1.54, 1.807) is 0 Å². The van der Waals surface area contributed by atoms with Crippen LogP contribution in [0.1, 0.15) is 149 Å². The molecular weight excluding hydrogens is 446 g/mol. The van der Waals surface area contributed by atoms with Crippen LogP contribution in [0, 0.1) is 0 Å². The largest absolute Gasteiger partial charge is 0.494 e. The monoisotopic (exact) mass is 503 g/mol. The minimum absolute atomic E-state index is 0.0920. The van der Waals surface area contributed by atoms with E-state index in [1.807, 2.05) is 18.2 Å². The van der Waals surface area contributed by atoms with Gasteiger partial charge in [-0.25, -0.2) is 0 Å². The predicted molar refractivity (Wildman–Crippen MR) is 155 cm³/mol. The summed E-state index contributed by atoms with van der Waals surface area (Å²) in [5.74, 6) is 1.43. The molecule has 0 spiro atoms. The van der Waals surface area contributed by atoms with Crippen molar-refractivity contribution in [1.82, 2.24) is 0 Å². The van der Waals surface area contributed by atoms with E-state index in [4.69, 9.17) is 9.47 Å². The van der Waals surface area contributed by atoms with E-state index < -0.39 is 0 Å². The lowest BCUT2D eigenvalue weighted by molar-refractivity contribution is -0.114. The Hall–Kier alpha value is -1.71. The maximum atomic E-state index is 11.7. The molecule has 1 N–H and O–H groups in total. The average Bonchev–Trinajstić information content (AvgIpc) is 2.86. The number of hydrogen-bond donors (Lipinski definition) is 1. The number of rotatable bonds is 25. The summed E-state index contributed by atoms with van der Waals surface area (Å²) in [5.41, 5.74) is 0.704. The lowest BCUT2D eigenvalue weighted by atomic mass is 10.1. The van der Waals surface area contributed by atoms with Gasteiger partial charge in [-0.2, -0.15) is 0 Å². The molecule has 208 valence electrons. The Morgan fingerprint density at radius 3 is 1.47 bits per heavy atom. The Balaban J connectivity index is 2.20. The fourth-order valence-corrected chi connectivity index (χ4v) is 4.56. The van der Waals surface area contributed by atoms with Crippen LogP contribution in [-0.2, 0) is 4.79 Å². The molecule has 0 aromatic heterocycles. The fraction of sp³-hybridized carbons (Fsp3) is 0.781. The van der Waals surface area contributed by atoms with Crippen LogP contribution in [0.3, 0.4) is 0 Å². The summed E-state index contributed by atoms with van der Waals surface area (Å²) in [5, 5.41) is 2.90. The van der Waals surface area contributed by atoms with Crippen molar-refractivity contribution in [3.8, 4) is 11.5 Å². The van der Waals surface area contributed by atoms with Crippen LogP contribution < -0.4 is 14.8 Å². The summed E-state index contributed by atoms with van der Waals surface area (Å²) in [4.78, 5) is 11.7. The number of carbonyl (C=O) groups excluding carboxylic acids is 1. The molecule has 0 atom stereocenters. The molecule has 1 amide bonds. The third kappa shape index (κ3) is 18.5. The third-order valence-corrected chi connectivity index (χ3v) is 6.78. The van der Waals surface area contributed by atoms with E-state index >= 15 is 0 Å². The smallest absolute Gasteiger partial charge is 0.221 e. The van der Waals surface area contributed by atoms with Crippen molar-refractivity contribution >= 4 is 11.6 Å². The highest BCUT2D eigenvalue weighted by molar-refractivity contribution is 5.90. The first-order chi connectivity index (χ1) is 17.7. The highest BCUT2D eigenvalue weighted by atomic mass is 16.5. The van der Waals surface area contributed by atoms with Gasteiger partial charge < -0.3 is 14.8 Å². The van der Waals surface area contributed by atoms with Crippen LogP contribution in [-0.4, -0.2) is 19.1 Å². The van der Waals surface area contributed by atoms with E-state index in [9.17, 15) is 4.79 Å². The van der Waals surface area contributed by atoms with E-state index in [-0.39, 0.29) is 5.91 Å². The summed E-state index contributed by atoms with van der Waals surface area (Å²) in [6.07, 6.45) is 26.2. The van der Waals surface area contributed by atoms with E-state index in [0.29, 0.717) is 12.3 Å². The van der Waals surface area contributed by atoms with Crippen molar-refractivity contribution in [2.24, 2.45) is 0 Å². The van der Waals surface area contributed by atoms with Crippen molar-refractivity contribution in [2.45, 2.75) is 149 Å². The maximum absolute atomic E-state index is 11.7. The number of nitrogens with one attached hydrogen (secondary N) is 1. The Labute approximate surface area is 223 Å². The second-order valence-corrected chi connectivity index (χ2v) is 10.4. The highest BCUT2D eigenvalue weighted by Crippen LogP contribution is 2.30. The SMILES string of the molecule is CCCCCCCCCCCCOc1ccc(OCCCCCCCCCCCC)c(NC(C)=O)c1. The van der Waals surface area contributed by atoms with Gasteiger partial charge in [0.2, 0.25) is 5.91 Å². The minimum atomic E-state index is -0.0920. The van der Waals surface area contributed by atoms with Crippen molar-refractivity contribution in [1.29, 1.82) is 0 Å². The van der Waals surface area contributed by atoms with Gasteiger partial charge in [0.1, 0.15) is 11.5 Å². The lowest BCUT2D eigenvalue weighted by Gasteiger charge is -2.14. The number of unbranched alkanes of at least 4 members (excludes halogenated alkanes) is 18. The average molecular weight is 504 g/mol. The molecule has 0 aliphatic rings. The molecule has 1 aromatic carbocycles. The van der Waals surface area contributed by atoms with E-state index in [1.165, 1.54) is 122 Å². The van der Waals surface area contributed by atoms with Crippen molar-refractivity contribution in [3.05, 3.63) is 18.2 Å². The van der Waals surface area contributed by atoms with Crippen molar-refractivity contribution < 1.29 is 14.3 Å². The standard InChI is InChI=1S/C32H57NO3/c1-4-6-8-10-12-14-16-18-20-22-26-35-30-24-25-32(31(28-30)33-29(3)34)36-27-23-21-19-17-15-13-11-9-7-5-2/h24-25,28H,4-23,26-27H2,1-3H3,(H,33,34). The number of ether oxygens (including phenoxy) is 2. The van der Waals surface area contributed by atoms with Crippen LogP contribution in [0.4, 0.5) is 5.69 Å². The third-order valence-electron chi connectivity index (χ3n) is 6.78. The van der Waals surface area contributed by atoms with E-state index in [2.05, 4.69) is 19.2 Å². The number of benzene rings is 1. The molecule has 0 saturated carbocycles. The van der Waals surface area contributed by atoms with Crippen molar-refractivity contribution in [2.75, 3.05) is 18.5 Å². The summed E-state index contributed by atoms with van der Waals surface area (Å²) < 4.78 is 12.0. The highest BCUT2D eigenvalue weighted by Gasteiger charge is 2.08. The van der Waals surface area contributed by atoms with Gasteiger partial charge in [-0.15, -0.1) is 0 Å². The first-order valence-corrected chi connectivity index (χ1v) is 15.3. The molecular formula is C32H57NO3. The maximum Gasteiger partial charge on any atom is 0.221 e. The summed E-state index contributed by atoms with van der Waals surface area (Å²) >= 11 is 0. The van der Waals surface area contributed by atoms with Crippen LogP contribution in [0.25, 0.3) is 0 Å². The molecule has 1 aromatic rings. The Kier molecular flexibility index (Phi) is 21.3. The predicted octanol–water partition coefficient (Wildman–Crippen LogP) is 10.2. The quantitative estimate of drug-likeness (QED) is 0.135. The number of carbonyl (C=O) groups is 1. The molecule has 0 aliphatic heterocycles. The zero-order chi connectivity index (χ0) is 26.1. The molecule has 0 radical (unpaired) electrons. The molecule has 0 fully saturated rings. The van der Waals surface area contributed by atoms with Gasteiger partial charge in [-0.1, -0.05) is 129 Å². The zero-order valence-corrected chi connectivity index (χ0v) is 24.0. The summed E-state index contributed by atoms with van der Waals surface area (Å²) in [6.45, 7) is 7.47. The molecule has 4 heteroatoms. The summed E-state index contributed by atoms with van der Waals surface area (Å²) in [6, 6.07) is 5.77. The molecule has 0 aliphatic carbocycles. The minimum Gasteiger partial charge on any atom is -0.494 e. The van der Waals surface area contributed by atoms with Gasteiger partial charge in [-0.05, 0) is 25.0 Å². The number of anilines is 1. The van der Waals surface area contributed by atoms with Crippen molar-refractivity contribution in [3.63, 3.8) is 0 Å². The van der Waals surface area contributed by atoms with Gasteiger partial charge in [-0.3, -0.25) is 4.79 Å². The molecule has 0 bridgehead atoms. The Bertz CT molecular complexity index is 646. The molecule has 0 heterocycles. The van der Waals surface area contributed by atoms with Gasteiger partial charge in [0, 0.05) is 13.0 Å². The molecule has 36 heavy (non-hydrogen) atoms. The van der Waals surface area contributed by atoms with Gasteiger partial charge in [0.05, 0.1) is 18.9 Å². The Morgan fingerprint density at radius 1 is 0.611 bits per heavy atom. The van der Waals surface area contributed by atoms with E-state index in [0.717, 1.165) is 30.9 Å². The first kappa shape index (κ1) is 32.3. The topological polar surface area (TPSA) is 47.6 Å². The second-order valence-electron chi connectivity index (χ2n) is 10.4. The lowest BCUT2D eigenvalue weighted by Crippen LogP contribution is -2.09. The van der Waals surface area contributed by atoms with Crippen LogP contribution >= 0.6 is 0 Å². The fourth-order valence-electron chi connectivity index (χ4n) is 4.56. The zero-order valence-electron chi connectivity index (χ0n) is 24.0. The van der Waals surface area contributed by atoms with Gasteiger partial charge in [0.15, 0.2) is 0 Å². The van der Waals surface area contributed by atoms with Gasteiger partial charge >= 0.3 is 0 Å². The molecule has 4 nitrogen and oxygen atoms in total. The van der Waals surface area contributed by atoms with Gasteiger partial charge in [0.25, 0.3) is 0 Å². The molecule has 1 rings (SSSR count). The molecule has 0 unspecified atom stereocenters. The first-order valence-electron chi connectivity index (χ1n) is 15.3. The molecule has 0 saturated heterocycles. The van der Waals surface area contributed by atoms with Crippen LogP contribution in [0.15, 0.2) is 18.2 Å².